The molecule has 1 rings (SSSR count). The van der Waals surface area contributed by atoms with Gasteiger partial charge in [-0.05, 0) is 35.8 Å². The van der Waals surface area contributed by atoms with Crippen LogP contribution in [-0.4, -0.2) is 18.2 Å². The molecule has 0 bridgehead atoms. The van der Waals surface area contributed by atoms with Crippen LogP contribution in [0.2, 0.25) is 23.2 Å². The molecule has 1 aromatic rings. The van der Waals surface area contributed by atoms with Crippen LogP contribution in [0, 0.1) is 0 Å². The van der Waals surface area contributed by atoms with Gasteiger partial charge in [-0.2, -0.15) is 0 Å². The molecule has 0 heterocycles. The second-order valence-electron chi connectivity index (χ2n) is 6.75. The first-order valence-electron chi connectivity index (χ1n) is 7.01. The molecule has 0 fully saturated rings. The molecule has 0 N–H and O–H groups in total. The van der Waals surface area contributed by atoms with E-state index in [1.54, 1.807) is 6.08 Å². The minimum absolute atomic E-state index is 0.0370. The Morgan fingerprint density at radius 3 is 1.95 bits per heavy atom. The van der Waals surface area contributed by atoms with Crippen molar-refractivity contribution in [1.82, 2.24) is 0 Å². The van der Waals surface area contributed by atoms with E-state index in [2.05, 4.69) is 33.9 Å². The summed E-state index contributed by atoms with van der Waals surface area (Å²) in [6.45, 7) is 10.7. The number of alkyl halides is 3. The third-order valence-corrected chi connectivity index (χ3v) is 9.24. The summed E-state index contributed by atoms with van der Waals surface area (Å²) < 4.78 is 4.73. The van der Waals surface area contributed by atoms with Gasteiger partial charge in [-0.1, -0.05) is 91.5 Å². The van der Waals surface area contributed by atoms with E-state index in [0.29, 0.717) is 5.02 Å². The lowest BCUT2D eigenvalue weighted by Gasteiger charge is -2.40. The minimum atomic E-state index is -2.05. The van der Waals surface area contributed by atoms with Crippen molar-refractivity contribution < 1.29 is 4.43 Å². The lowest BCUT2D eigenvalue weighted by atomic mass is 10.2. The summed E-state index contributed by atoms with van der Waals surface area (Å²) >= 11 is 24.2. The van der Waals surface area contributed by atoms with Crippen molar-refractivity contribution >= 4 is 60.8 Å². The van der Waals surface area contributed by atoms with Crippen LogP contribution in [-0.2, 0) is 4.43 Å². The average Bonchev–Trinajstić information content (AvgIpc) is 2.33. The zero-order valence-corrected chi connectivity index (χ0v) is 17.5. The molecule has 0 aromatic heterocycles. The van der Waals surface area contributed by atoms with E-state index in [1.165, 1.54) is 0 Å². The third kappa shape index (κ3) is 6.07. The van der Waals surface area contributed by atoms with Crippen molar-refractivity contribution in [3.63, 3.8) is 0 Å². The van der Waals surface area contributed by atoms with E-state index in [-0.39, 0.29) is 5.04 Å². The molecular weight excluding hydrogens is 378 g/mol. The molecule has 0 aliphatic rings. The van der Waals surface area contributed by atoms with E-state index in [1.807, 2.05) is 30.3 Å². The fourth-order valence-electron chi connectivity index (χ4n) is 1.48. The number of benzene rings is 1. The van der Waals surface area contributed by atoms with Gasteiger partial charge in [-0.25, -0.2) is 0 Å². The molecule has 1 nitrogen and oxygen atoms in total. The van der Waals surface area contributed by atoms with Crippen LogP contribution in [0.1, 0.15) is 26.3 Å². The first-order valence-corrected chi connectivity index (χ1v) is 11.4. The molecule has 0 spiro atoms. The molecule has 0 saturated heterocycles. The third-order valence-electron chi connectivity index (χ3n) is 3.88. The van der Waals surface area contributed by atoms with Crippen LogP contribution >= 0.6 is 46.4 Å². The Bertz CT molecular complexity index is 512. The molecule has 0 aliphatic heterocycles. The van der Waals surface area contributed by atoms with Gasteiger partial charge in [-0.15, -0.1) is 0 Å². The number of halogens is 4. The highest BCUT2D eigenvalue weighted by atomic mass is 35.6. The summed E-state index contributed by atoms with van der Waals surface area (Å²) in [5.41, 5.74) is 0.975. The minimum Gasteiger partial charge on any atom is -0.406 e. The Hall–Kier alpha value is 0.297. The van der Waals surface area contributed by atoms with Crippen molar-refractivity contribution in [2.24, 2.45) is 0 Å². The molecule has 0 saturated carbocycles. The summed E-state index contributed by atoms with van der Waals surface area (Å²) in [6.07, 6.45) is 3.08. The summed E-state index contributed by atoms with van der Waals surface area (Å²) in [7, 11) is -2.05. The maximum atomic E-state index is 6.24. The zero-order valence-electron chi connectivity index (χ0n) is 13.5. The number of rotatable bonds is 4. The monoisotopic (exact) mass is 398 g/mol. The lowest BCUT2D eigenvalue weighted by Crippen LogP contribution is -2.46. The van der Waals surface area contributed by atoms with Gasteiger partial charge < -0.3 is 4.43 Å². The Balaban J connectivity index is 2.98. The summed E-state index contributed by atoms with van der Waals surface area (Å²) in [5, 5.41) is 0.725. The second-order valence-corrected chi connectivity index (χ2v) is 14.3. The summed E-state index contributed by atoms with van der Waals surface area (Å²) in [5.74, 6) is 0. The van der Waals surface area contributed by atoms with Crippen LogP contribution in [0.25, 0.3) is 6.08 Å². The van der Waals surface area contributed by atoms with Gasteiger partial charge >= 0.3 is 0 Å². The van der Waals surface area contributed by atoms with Crippen molar-refractivity contribution in [3.05, 3.63) is 40.9 Å². The Morgan fingerprint density at radius 2 is 1.55 bits per heavy atom. The summed E-state index contributed by atoms with van der Waals surface area (Å²) in [4.78, 5) is 0. The molecule has 6 heteroatoms. The Kier molecular flexibility index (Phi) is 6.90. The van der Waals surface area contributed by atoms with Crippen molar-refractivity contribution in [2.75, 3.05) is 0 Å². The normalized spacial score (nSPS) is 15.3. The maximum absolute atomic E-state index is 6.24. The molecule has 1 aromatic carbocycles. The second kappa shape index (κ2) is 7.46. The maximum Gasteiger partial charge on any atom is 0.218 e. The largest absolute Gasteiger partial charge is 0.406 e. The molecule has 0 amide bonds. The summed E-state index contributed by atoms with van der Waals surface area (Å²) in [6, 6.07) is 7.45. The van der Waals surface area contributed by atoms with Gasteiger partial charge in [0.2, 0.25) is 3.79 Å². The van der Waals surface area contributed by atoms with E-state index in [0.717, 1.165) is 5.56 Å². The van der Waals surface area contributed by atoms with Crippen LogP contribution in [0.4, 0.5) is 0 Å². The Labute approximate surface area is 154 Å². The number of hydrogen-bond acceptors (Lipinski definition) is 1. The van der Waals surface area contributed by atoms with E-state index in [9.17, 15) is 0 Å². The molecule has 22 heavy (non-hydrogen) atoms. The fraction of sp³-hybridized carbons (Fsp3) is 0.500. The topological polar surface area (TPSA) is 9.23 Å². The SMILES string of the molecule is CC(C)(C)[Si](C)(C)O[C@H](/C=C/c1ccc(Cl)cc1)C(Cl)(Cl)Cl. The van der Waals surface area contributed by atoms with Gasteiger partial charge in [0.05, 0.1) is 0 Å². The van der Waals surface area contributed by atoms with Crippen LogP contribution in [0.5, 0.6) is 0 Å². The highest BCUT2D eigenvalue weighted by molar-refractivity contribution is 6.74. The van der Waals surface area contributed by atoms with Crippen molar-refractivity contribution in [1.29, 1.82) is 0 Å². The van der Waals surface area contributed by atoms with Crippen LogP contribution in [0.3, 0.4) is 0 Å². The smallest absolute Gasteiger partial charge is 0.218 e. The van der Waals surface area contributed by atoms with Crippen LogP contribution < -0.4 is 0 Å². The molecule has 0 aliphatic carbocycles. The molecule has 0 radical (unpaired) electrons. The van der Waals surface area contributed by atoms with Gasteiger partial charge in [0, 0.05) is 5.02 Å². The average molecular weight is 400 g/mol. The molecule has 124 valence electrons. The zero-order chi connectivity index (χ0) is 17.2. The van der Waals surface area contributed by atoms with E-state index in [4.69, 9.17) is 50.8 Å². The van der Waals surface area contributed by atoms with Crippen LogP contribution in [0.15, 0.2) is 30.3 Å². The molecule has 0 unspecified atom stereocenters. The van der Waals surface area contributed by atoms with Gasteiger partial charge in [0.1, 0.15) is 6.10 Å². The lowest BCUT2D eigenvalue weighted by molar-refractivity contribution is 0.229. The standard InChI is InChI=1S/C16H22Cl4OSi/c1-15(2,3)22(4,5)21-14(16(18,19)20)11-8-12-6-9-13(17)10-7-12/h6-11,14H,1-5H3/b11-8+/t14-/m1/s1. The van der Waals surface area contributed by atoms with Crippen molar-refractivity contribution in [3.8, 4) is 0 Å². The van der Waals surface area contributed by atoms with Gasteiger partial charge in [0.15, 0.2) is 8.32 Å². The van der Waals surface area contributed by atoms with E-state index < -0.39 is 18.2 Å². The number of hydrogen-bond donors (Lipinski definition) is 0. The quantitative estimate of drug-likeness (QED) is 0.387. The molecular formula is C16H22Cl4OSi. The van der Waals surface area contributed by atoms with Gasteiger partial charge in [0.25, 0.3) is 0 Å². The van der Waals surface area contributed by atoms with Crippen molar-refractivity contribution in [2.45, 2.75) is 48.8 Å². The first kappa shape index (κ1) is 20.3. The predicted octanol–water partition coefficient (Wildman–Crippen LogP) is 7.11. The highest BCUT2D eigenvalue weighted by Gasteiger charge is 2.43. The van der Waals surface area contributed by atoms with Gasteiger partial charge in [-0.3, -0.25) is 0 Å². The predicted molar refractivity (Wildman–Crippen MR) is 103 cm³/mol. The highest BCUT2D eigenvalue weighted by Crippen LogP contribution is 2.42. The Morgan fingerprint density at radius 1 is 1.05 bits per heavy atom. The van der Waals surface area contributed by atoms with E-state index >= 15 is 0 Å². The fourth-order valence-corrected chi connectivity index (χ4v) is 3.43. The first-order chi connectivity index (χ1) is 9.83. The molecule has 1 atom stereocenters.